The second-order valence-corrected chi connectivity index (χ2v) is 5.12. The minimum Gasteiger partial charge on any atom is -0.395 e. The Hall–Kier alpha value is -1.04. The zero-order chi connectivity index (χ0) is 13.0. The number of rotatable bonds is 4. The zero-order valence-electron chi connectivity index (χ0n) is 10.4. The van der Waals surface area contributed by atoms with Crippen LogP contribution in [-0.2, 0) is 6.54 Å². The molecule has 1 unspecified atom stereocenters. The van der Waals surface area contributed by atoms with E-state index in [-0.39, 0.29) is 12.6 Å². The molecule has 1 aromatic heterocycles. The summed E-state index contributed by atoms with van der Waals surface area (Å²) in [5.74, 6) is 0. The first-order valence-corrected chi connectivity index (χ1v) is 6.72. The summed E-state index contributed by atoms with van der Waals surface area (Å²) in [6.07, 6.45) is 5.13. The number of nitrogens with two attached hydrogens (primary N) is 1. The topological polar surface area (TPSA) is 62.4 Å². The maximum absolute atomic E-state index is 9.41. The van der Waals surface area contributed by atoms with Gasteiger partial charge in [0.1, 0.15) is 10.7 Å². The van der Waals surface area contributed by atoms with Gasteiger partial charge in [-0.15, -0.1) is 0 Å². The number of likely N-dealkylation sites (tertiary alicyclic amines) is 1. The number of hydrogen-bond donors (Lipinski definition) is 2. The van der Waals surface area contributed by atoms with E-state index in [1.165, 1.54) is 12.8 Å². The van der Waals surface area contributed by atoms with E-state index in [0.29, 0.717) is 10.7 Å². The summed E-state index contributed by atoms with van der Waals surface area (Å²) >= 11 is 5.02. The Morgan fingerprint density at radius 2 is 2.39 bits per heavy atom. The Morgan fingerprint density at radius 1 is 1.56 bits per heavy atom. The van der Waals surface area contributed by atoms with Crippen molar-refractivity contribution in [3.8, 4) is 0 Å². The number of hydrogen-bond acceptors (Lipinski definition) is 4. The van der Waals surface area contributed by atoms with Gasteiger partial charge in [0.15, 0.2) is 0 Å². The summed E-state index contributed by atoms with van der Waals surface area (Å²) in [6, 6.07) is 4.15. The summed E-state index contributed by atoms with van der Waals surface area (Å²) in [4.78, 5) is 6.87. The molecule has 2 rings (SSSR count). The van der Waals surface area contributed by atoms with Crippen LogP contribution >= 0.6 is 12.2 Å². The van der Waals surface area contributed by atoms with Gasteiger partial charge in [-0.1, -0.05) is 24.7 Å². The molecule has 0 radical (unpaired) electrons. The fourth-order valence-electron chi connectivity index (χ4n) is 2.48. The Bertz CT molecular complexity index is 424. The quantitative estimate of drug-likeness (QED) is 0.797. The van der Waals surface area contributed by atoms with Crippen molar-refractivity contribution in [3.05, 3.63) is 29.6 Å². The van der Waals surface area contributed by atoms with Crippen LogP contribution in [0.2, 0.25) is 0 Å². The van der Waals surface area contributed by atoms with Crippen molar-refractivity contribution in [3.63, 3.8) is 0 Å². The third-order valence-electron chi connectivity index (χ3n) is 3.46. The molecule has 3 N–H and O–H groups in total. The van der Waals surface area contributed by atoms with Crippen molar-refractivity contribution in [2.45, 2.75) is 31.8 Å². The monoisotopic (exact) mass is 265 g/mol. The lowest BCUT2D eigenvalue weighted by Gasteiger charge is -2.34. The number of aromatic nitrogens is 1. The smallest absolute Gasteiger partial charge is 0.123 e. The number of aliphatic hydroxyl groups is 1. The molecule has 18 heavy (non-hydrogen) atoms. The van der Waals surface area contributed by atoms with Gasteiger partial charge in [0, 0.05) is 18.8 Å². The van der Waals surface area contributed by atoms with Crippen molar-refractivity contribution < 1.29 is 5.11 Å². The number of thiocarbonyl (C=S) groups is 1. The van der Waals surface area contributed by atoms with Crippen molar-refractivity contribution >= 4 is 17.2 Å². The average Bonchev–Trinajstić information content (AvgIpc) is 2.40. The predicted octanol–water partition coefficient (Wildman–Crippen LogP) is 1.06. The van der Waals surface area contributed by atoms with Gasteiger partial charge in [0.05, 0.1) is 6.61 Å². The third-order valence-corrected chi connectivity index (χ3v) is 3.65. The van der Waals surface area contributed by atoms with Gasteiger partial charge in [-0.3, -0.25) is 9.88 Å². The molecule has 0 aliphatic carbocycles. The van der Waals surface area contributed by atoms with Crippen molar-refractivity contribution in [2.24, 2.45) is 5.73 Å². The minimum absolute atomic E-state index is 0.211. The van der Waals surface area contributed by atoms with Crippen LogP contribution in [-0.4, -0.2) is 39.2 Å². The van der Waals surface area contributed by atoms with Crippen LogP contribution in [0.4, 0.5) is 0 Å². The Balaban J connectivity index is 2.15. The SMILES string of the molecule is NC(=S)c1ncccc1CN1CCCCC1CO. The lowest BCUT2D eigenvalue weighted by atomic mass is 10.0. The highest BCUT2D eigenvalue weighted by molar-refractivity contribution is 7.80. The first-order valence-electron chi connectivity index (χ1n) is 6.31. The number of pyridine rings is 1. The van der Waals surface area contributed by atoms with E-state index in [9.17, 15) is 5.11 Å². The normalized spacial score (nSPS) is 20.8. The second kappa shape index (κ2) is 6.22. The molecule has 98 valence electrons. The fourth-order valence-corrected chi connectivity index (χ4v) is 2.67. The van der Waals surface area contributed by atoms with Crippen molar-refractivity contribution in [2.75, 3.05) is 13.2 Å². The molecule has 1 aromatic rings. The summed E-state index contributed by atoms with van der Waals surface area (Å²) < 4.78 is 0. The van der Waals surface area contributed by atoms with E-state index in [4.69, 9.17) is 18.0 Å². The number of piperidine rings is 1. The van der Waals surface area contributed by atoms with Crippen LogP contribution in [0.25, 0.3) is 0 Å². The van der Waals surface area contributed by atoms with Gasteiger partial charge in [-0.25, -0.2) is 0 Å². The molecule has 2 heterocycles. The van der Waals surface area contributed by atoms with E-state index >= 15 is 0 Å². The van der Waals surface area contributed by atoms with E-state index in [1.807, 2.05) is 12.1 Å². The molecule has 1 saturated heterocycles. The standard InChI is InChI=1S/C13H19N3OS/c14-13(18)12-10(4-3-6-15-12)8-16-7-2-1-5-11(16)9-17/h3-4,6,11,17H,1-2,5,7-9H2,(H2,14,18). The molecule has 0 bridgehead atoms. The average molecular weight is 265 g/mol. The largest absolute Gasteiger partial charge is 0.395 e. The Kier molecular flexibility index (Phi) is 4.63. The summed E-state index contributed by atoms with van der Waals surface area (Å²) in [5.41, 5.74) is 7.44. The number of nitrogens with zero attached hydrogens (tertiary/aromatic N) is 2. The lowest BCUT2D eigenvalue weighted by Crippen LogP contribution is -2.41. The molecule has 1 aliphatic heterocycles. The van der Waals surface area contributed by atoms with E-state index < -0.39 is 0 Å². The maximum Gasteiger partial charge on any atom is 0.123 e. The van der Waals surface area contributed by atoms with E-state index in [2.05, 4.69) is 9.88 Å². The molecular formula is C13H19N3OS. The molecule has 4 nitrogen and oxygen atoms in total. The highest BCUT2D eigenvalue weighted by Crippen LogP contribution is 2.20. The summed E-state index contributed by atoms with van der Waals surface area (Å²) in [6.45, 7) is 1.98. The van der Waals surface area contributed by atoms with Gasteiger partial charge >= 0.3 is 0 Å². The molecule has 0 amide bonds. The first kappa shape index (κ1) is 13.4. The highest BCUT2D eigenvalue weighted by Gasteiger charge is 2.22. The van der Waals surface area contributed by atoms with E-state index in [0.717, 1.165) is 25.1 Å². The zero-order valence-corrected chi connectivity index (χ0v) is 11.2. The van der Waals surface area contributed by atoms with Crippen LogP contribution in [0.5, 0.6) is 0 Å². The molecular weight excluding hydrogens is 246 g/mol. The molecule has 5 heteroatoms. The van der Waals surface area contributed by atoms with Crippen LogP contribution in [0.15, 0.2) is 18.3 Å². The fraction of sp³-hybridized carbons (Fsp3) is 0.538. The number of aliphatic hydroxyl groups excluding tert-OH is 1. The van der Waals surface area contributed by atoms with Gasteiger partial charge in [0.2, 0.25) is 0 Å². The van der Waals surface area contributed by atoms with Crippen LogP contribution in [0.3, 0.4) is 0 Å². The van der Waals surface area contributed by atoms with Crippen LogP contribution < -0.4 is 5.73 Å². The van der Waals surface area contributed by atoms with E-state index in [1.54, 1.807) is 6.20 Å². The lowest BCUT2D eigenvalue weighted by molar-refractivity contribution is 0.0840. The molecule has 1 fully saturated rings. The molecule has 0 aromatic carbocycles. The van der Waals surface area contributed by atoms with Gasteiger partial charge in [-0.2, -0.15) is 0 Å². The predicted molar refractivity (Wildman–Crippen MR) is 75.3 cm³/mol. The van der Waals surface area contributed by atoms with Crippen molar-refractivity contribution in [1.82, 2.24) is 9.88 Å². The molecule has 0 saturated carbocycles. The third kappa shape index (κ3) is 3.04. The molecule has 1 aliphatic rings. The van der Waals surface area contributed by atoms with Gasteiger partial charge in [0.25, 0.3) is 0 Å². The van der Waals surface area contributed by atoms with Crippen molar-refractivity contribution in [1.29, 1.82) is 0 Å². The Morgan fingerprint density at radius 3 is 3.11 bits per heavy atom. The van der Waals surface area contributed by atoms with Gasteiger partial charge < -0.3 is 10.8 Å². The first-order chi connectivity index (χ1) is 8.72. The Labute approximate surface area is 113 Å². The summed E-state index contributed by atoms with van der Waals surface area (Å²) in [7, 11) is 0. The van der Waals surface area contributed by atoms with Gasteiger partial charge in [-0.05, 0) is 31.0 Å². The highest BCUT2D eigenvalue weighted by atomic mass is 32.1. The summed E-state index contributed by atoms with van der Waals surface area (Å²) in [5, 5.41) is 9.41. The second-order valence-electron chi connectivity index (χ2n) is 4.68. The van der Waals surface area contributed by atoms with Crippen LogP contribution in [0, 0.1) is 0 Å². The van der Waals surface area contributed by atoms with Crippen LogP contribution in [0.1, 0.15) is 30.5 Å². The maximum atomic E-state index is 9.41. The molecule has 1 atom stereocenters. The molecule has 0 spiro atoms. The minimum atomic E-state index is 0.211.